The van der Waals surface area contributed by atoms with Gasteiger partial charge in [-0.15, -0.1) is 0 Å². The summed E-state index contributed by atoms with van der Waals surface area (Å²) in [6, 6.07) is 0. The molecule has 0 amide bonds. The third kappa shape index (κ3) is 5.77. The number of imidazole rings is 2. The first-order valence-corrected chi connectivity index (χ1v) is 15.5. The van der Waals surface area contributed by atoms with E-state index < -0.39 is 34.2 Å². The number of nitrogens with zero attached hydrogens (tertiary/aromatic N) is 7. The van der Waals surface area contributed by atoms with Gasteiger partial charge in [-0.25, -0.2) is 19.9 Å². The van der Waals surface area contributed by atoms with Crippen LogP contribution in [0.1, 0.15) is 31.7 Å². The van der Waals surface area contributed by atoms with Crippen molar-refractivity contribution in [2.75, 3.05) is 30.8 Å². The minimum Gasteiger partial charge on any atom is -0.382 e. The lowest BCUT2D eigenvalue weighted by Crippen LogP contribution is -2.23. The van der Waals surface area contributed by atoms with Crippen molar-refractivity contribution in [1.29, 1.82) is 0 Å². The van der Waals surface area contributed by atoms with Crippen molar-refractivity contribution in [2.24, 2.45) is 5.92 Å². The van der Waals surface area contributed by atoms with E-state index in [4.69, 9.17) is 30.0 Å². The summed E-state index contributed by atoms with van der Waals surface area (Å²) in [4.78, 5) is 44.5. The monoisotopic (exact) mass is 610 g/mol. The Morgan fingerprint density at radius 3 is 2.59 bits per heavy atom. The summed E-state index contributed by atoms with van der Waals surface area (Å²) in [6.45, 7) is -0.0631. The van der Waals surface area contributed by atoms with E-state index >= 15 is 0 Å². The molecule has 0 spiro atoms. The second kappa shape index (κ2) is 11.6. The SMILES string of the molecule is Nc1nc2c(ncn2[C@H]2C[C@H](C[PH](=O)OCC3CC[C@H](n4cnc5c(N)ncnc54)O3)[C@@H](CO[PH](=O)O)O2)c(=O)[nH]1. The fourth-order valence-electron chi connectivity index (χ4n) is 5.21. The van der Waals surface area contributed by atoms with Crippen LogP contribution in [-0.4, -0.2) is 75.5 Å². The van der Waals surface area contributed by atoms with Crippen LogP contribution < -0.4 is 17.0 Å². The number of anilines is 2. The molecule has 0 radical (unpaired) electrons. The van der Waals surface area contributed by atoms with Crippen molar-refractivity contribution in [1.82, 2.24) is 39.0 Å². The van der Waals surface area contributed by atoms with Gasteiger partial charge in [0.2, 0.25) is 5.95 Å². The lowest BCUT2D eigenvalue weighted by molar-refractivity contribution is -0.0234. The van der Waals surface area contributed by atoms with Gasteiger partial charge in [-0.3, -0.25) is 28.0 Å². The zero-order chi connectivity index (χ0) is 28.7. The van der Waals surface area contributed by atoms with E-state index in [0.29, 0.717) is 30.4 Å². The third-order valence-electron chi connectivity index (χ3n) is 7.14. The molecule has 6 rings (SSSR count). The Bertz CT molecular complexity index is 1680. The van der Waals surface area contributed by atoms with Gasteiger partial charge in [-0.1, -0.05) is 0 Å². The number of hydrogen-bond donors (Lipinski definition) is 4. The second-order valence-electron chi connectivity index (χ2n) is 9.74. The van der Waals surface area contributed by atoms with Gasteiger partial charge in [0.15, 0.2) is 30.7 Å². The molecule has 2 aliphatic rings. The first kappa shape index (κ1) is 27.9. The quantitative estimate of drug-likeness (QED) is 0.179. The Morgan fingerprint density at radius 2 is 1.78 bits per heavy atom. The van der Waals surface area contributed by atoms with E-state index in [0.717, 1.165) is 0 Å². The van der Waals surface area contributed by atoms with Crippen molar-refractivity contribution in [3.05, 3.63) is 29.3 Å². The number of aromatic nitrogens is 8. The molecule has 6 heterocycles. The number of rotatable bonds is 10. The fraction of sp³-hybridized carbons (Fsp3) is 0.524. The number of hydrogen-bond acceptors (Lipinski definition) is 14. The Balaban J connectivity index is 1.08. The maximum absolute atomic E-state index is 13.0. The highest BCUT2D eigenvalue weighted by atomic mass is 31.1. The smallest absolute Gasteiger partial charge is 0.316 e. The first-order valence-electron chi connectivity index (χ1n) is 12.7. The molecule has 0 aliphatic carbocycles. The molecule has 0 saturated carbocycles. The molecule has 4 aromatic rings. The van der Waals surface area contributed by atoms with Gasteiger partial charge in [-0.2, -0.15) is 4.98 Å². The highest BCUT2D eigenvalue weighted by Crippen LogP contribution is 2.41. The molecule has 0 bridgehead atoms. The summed E-state index contributed by atoms with van der Waals surface area (Å²) in [5.74, 6) is -0.135. The Labute approximate surface area is 232 Å². The first-order chi connectivity index (χ1) is 19.8. The minimum absolute atomic E-state index is 0.0778. The molecule has 41 heavy (non-hydrogen) atoms. The molecule has 3 unspecified atom stereocenters. The molecule has 2 saturated heterocycles. The maximum atomic E-state index is 13.0. The van der Waals surface area contributed by atoms with E-state index in [1.165, 1.54) is 12.7 Å². The standard InChI is InChI=1S/C21H28N10O8P2/c22-17-15-18(25-7-24-17)30(8-26-15)13-2-1-11(38-13)4-36-40(33)6-10-3-14(39-12(10)5-37-41(34)35)31-9-27-16-19(31)28-21(23)29-20(16)32/h7-14,40-41H,1-6H2,(H,34,35)(H2,22,24,25)(H3,23,28,29,32)/t10-,11?,12-,13-,14-/m1/s1. The average Bonchev–Trinajstić information content (AvgIpc) is 3.71. The zero-order valence-corrected chi connectivity index (χ0v) is 23.5. The van der Waals surface area contributed by atoms with Crippen LogP contribution >= 0.6 is 16.3 Å². The lowest BCUT2D eigenvalue weighted by atomic mass is 10.0. The number of ether oxygens (including phenoxy) is 2. The molecule has 6 N–H and O–H groups in total. The molecule has 18 nitrogen and oxygen atoms in total. The Morgan fingerprint density at radius 1 is 1.00 bits per heavy atom. The number of nitrogen functional groups attached to an aromatic ring is 2. The summed E-state index contributed by atoms with van der Waals surface area (Å²) in [5, 5.41) is 0. The minimum atomic E-state index is -3.21. The van der Waals surface area contributed by atoms with Gasteiger partial charge in [0.1, 0.15) is 24.3 Å². The fourth-order valence-corrected chi connectivity index (χ4v) is 6.86. The molecule has 20 heteroatoms. The molecule has 220 valence electrons. The molecular formula is C21H28N10O8P2. The predicted octanol–water partition coefficient (Wildman–Crippen LogP) is 0.595. The van der Waals surface area contributed by atoms with Crippen LogP contribution in [0, 0.1) is 5.92 Å². The number of nitrogens with two attached hydrogens (primary N) is 2. The largest absolute Gasteiger partial charge is 0.382 e. The third-order valence-corrected chi connectivity index (χ3v) is 8.90. The molecule has 4 aromatic heterocycles. The van der Waals surface area contributed by atoms with E-state index in [1.807, 2.05) is 0 Å². The van der Waals surface area contributed by atoms with Crippen LogP contribution in [0.15, 0.2) is 23.8 Å². The summed E-state index contributed by atoms with van der Waals surface area (Å²) in [5.41, 5.74) is 12.5. The summed E-state index contributed by atoms with van der Waals surface area (Å²) in [6.07, 6.45) is 4.31. The van der Waals surface area contributed by atoms with E-state index in [9.17, 15) is 18.8 Å². The maximum Gasteiger partial charge on any atom is 0.316 e. The van der Waals surface area contributed by atoms with Gasteiger partial charge in [-0.05, 0) is 19.3 Å². The highest BCUT2D eigenvalue weighted by Gasteiger charge is 2.39. The van der Waals surface area contributed by atoms with Gasteiger partial charge in [0.25, 0.3) is 5.56 Å². The van der Waals surface area contributed by atoms with Gasteiger partial charge >= 0.3 is 8.25 Å². The van der Waals surface area contributed by atoms with Crippen molar-refractivity contribution in [3.8, 4) is 0 Å². The number of fused-ring (bicyclic) bond motifs is 2. The van der Waals surface area contributed by atoms with Crippen molar-refractivity contribution >= 4 is 50.4 Å². The molecule has 7 atom stereocenters. The summed E-state index contributed by atoms with van der Waals surface area (Å²) in [7, 11) is -5.77. The van der Waals surface area contributed by atoms with Crippen LogP contribution in [-0.2, 0) is 27.7 Å². The molecule has 2 aliphatic heterocycles. The van der Waals surface area contributed by atoms with Crippen LogP contribution in [0.2, 0.25) is 0 Å². The number of H-pyrrole nitrogens is 1. The van der Waals surface area contributed by atoms with Crippen molar-refractivity contribution < 1.29 is 32.5 Å². The molecular weight excluding hydrogens is 582 g/mol. The summed E-state index contributed by atoms with van der Waals surface area (Å²) >= 11 is 0. The number of nitrogens with one attached hydrogen (secondary N) is 1. The van der Waals surface area contributed by atoms with Gasteiger partial charge in [0.05, 0.1) is 38.1 Å². The normalized spacial score (nSPS) is 26.2. The van der Waals surface area contributed by atoms with Crippen LogP contribution in [0.25, 0.3) is 22.3 Å². The lowest BCUT2D eigenvalue weighted by Gasteiger charge is -2.18. The van der Waals surface area contributed by atoms with Crippen LogP contribution in [0.4, 0.5) is 11.8 Å². The highest BCUT2D eigenvalue weighted by molar-refractivity contribution is 7.39. The van der Waals surface area contributed by atoms with Crippen molar-refractivity contribution in [2.45, 2.75) is 43.9 Å². The van der Waals surface area contributed by atoms with E-state index in [2.05, 4.69) is 29.9 Å². The zero-order valence-electron chi connectivity index (χ0n) is 21.5. The average molecular weight is 610 g/mol. The van der Waals surface area contributed by atoms with Crippen LogP contribution in [0.3, 0.4) is 0 Å². The van der Waals surface area contributed by atoms with Crippen molar-refractivity contribution in [3.63, 3.8) is 0 Å². The van der Waals surface area contributed by atoms with E-state index in [1.54, 1.807) is 15.5 Å². The second-order valence-corrected chi connectivity index (χ2v) is 12.0. The van der Waals surface area contributed by atoms with Gasteiger partial charge < -0.3 is 34.9 Å². The number of aromatic amines is 1. The summed E-state index contributed by atoms with van der Waals surface area (Å²) < 4.78 is 50.4. The van der Waals surface area contributed by atoms with Crippen LogP contribution in [0.5, 0.6) is 0 Å². The van der Waals surface area contributed by atoms with Gasteiger partial charge in [0, 0.05) is 12.1 Å². The topological polar surface area (TPSA) is 250 Å². The Hall–Kier alpha value is -3.24. The predicted molar refractivity (Wildman–Crippen MR) is 144 cm³/mol. The van der Waals surface area contributed by atoms with E-state index in [-0.39, 0.29) is 60.6 Å². The molecule has 2 fully saturated rings. The Kier molecular flexibility index (Phi) is 7.87. The molecule has 0 aromatic carbocycles.